The molecule has 0 aliphatic carbocycles. The van der Waals surface area contributed by atoms with Gasteiger partial charge in [-0.2, -0.15) is 0 Å². The topological polar surface area (TPSA) is 138 Å². The number of hydrogen-bond acceptors (Lipinski definition) is 6. The quantitative estimate of drug-likeness (QED) is 0.0645. The molecule has 0 bridgehead atoms. The largest absolute Gasteiger partial charge is 0.481 e. The van der Waals surface area contributed by atoms with Crippen LogP contribution < -0.4 is 0 Å². The van der Waals surface area contributed by atoms with Gasteiger partial charge in [0, 0.05) is 6.42 Å². The highest BCUT2D eigenvalue weighted by molar-refractivity contribution is 5.90. The normalized spacial score (nSPS) is 13.6. The van der Waals surface area contributed by atoms with Gasteiger partial charge in [-0.25, -0.2) is 4.79 Å². The van der Waals surface area contributed by atoms with Crippen LogP contribution in [0.15, 0.2) is 0 Å². The molecule has 2 atom stereocenters. The Morgan fingerprint density at radius 1 is 0.650 bits per heavy atom. The molecule has 0 aromatic rings. The minimum Gasteiger partial charge on any atom is -0.481 e. The fourth-order valence-electron chi connectivity index (χ4n) is 4.90. The SMILES string of the molecule is CCCCCCCC(=O)C(CCCCCCCCCCCCCCC(C)C)OC(=O)CC(O)(CC(=O)O)C(=O)O. The molecular weight excluding hydrogens is 512 g/mol. The van der Waals surface area contributed by atoms with Crippen molar-refractivity contribution in [1.29, 1.82) is 0 Å². The monoisotopic (exact) mass is 570 g/mol. The van der Waals surface area contributed by atoms with Gasteiger partial charge in [0.1, 0.15) is 0 Å². The summed E-state index contributed by atoms with van der Waals surface area (Å²) in [5.74, 6) is -3.83. The molecule has 2 unspecified atom stereocenters. The Labute approximate surface area is 242 Å². The van der Waals surface area contributed by atoms with Crippen LogP contribution in [-0.2, 0) is 23.9 Å². The molecule has 8 heteroatoms. The third kappa shape index (κ3) is 20.9. The van der Waals surface area contributed by atoms with Crippen molar-refractivity contribution < 1.29 is 39.2 Å². The van der Waals surface area contributed by atoms with Crippen molar-refractivity contribution in [3.05, 3.63) is 0 Å². The first-order valence-electron chi connectivity index (χ1n) is 15.9. The Morgan fingerprint density at radius 2 is 1.10 bits per heavy atom. The van der Waals surface area contributed by atoms with E-state index in [-0.39, 0.29) is 12.2 Å². The molecule has 3 N–H and O–H groups in total. The fourth-order valence-corrected chi connectivity index (χ4v) is 4.90. The smallest absolute Gasteiger partial charge is 0.336 e. The summed E-state index contributed by atoms with van der Waals surface area (Å²) in [5, 5.41) is 28.3. The second-order valence-corrected chi connectivity index (χ2v) is 11.9. The van der Waals surface area contributed by atoms with Gasteiger partial charge in [-0.1, -0.05) is 124 Å². The zero-order valence-corrected chi connectivity index (χ0v) is 25.6. The van der Waals surface area contributed by atoms with Crippen LogP contribution in [0.4, 0.5) is 0 Å². The number of ether oxygens (including phenoxy) is 1. The predicted molar refractivity (Wildman–Crippen MR) is 157 cm³/mol. The first-order chi connectivity index (χ1) is 19.0. The molecular formula is C32H58O8. The highest BCUT2D eigenvalue weighted by Gasteiger charge is 2.42. The van der Waals surface area contributed by atoms with Crippen molar-refractivity contribution in [2.75, 3.05) is 0 Å². The summed E-state index contributed by atoms with van der Waals surface area (Å²) < 4.78 is 5.33. The fraction of sp³-hybridized carbons (Fsp3) is 0.875. The summed E-state index contributed by atoms with van der Waals surface area (Å²) >= 11 is 0. The van der Waals surface area contributed by atoms with Gasteiger partial charge >= 0.3 is 17.9 Å². The van der Waals surface area contributed by atoms with Crippen molar-refractivity contribution in [2.24, 2.45) is 5.92 Å². The summed E-state index contributed by atoms with van der Waals surface area (Å²) in [5.41, 5.74) is -2.77. The van der Waals surface area contributed by atoms with E-state index in [1.54, 1.807) is 0 Å². The minimum absolute atomic E-state index is 0.203. The summed E-state index contributed by atoms with van der Waals surface area (Å²) in [6, 6.07) is 0. The van der Waals surface area contributed by atoms with Gasteiger partial charge in [-0.05, 0) is 25.2 Å². The van der Waals surface area contributed by atoms with Gasteiger partial charge in [0.05, 0.1) is 12.8 Å². The Kier molecular flexibility index (Phi) is 22.6. The lowest BCUT2D eigenvalue weighted by atomic mass is 9.95. The number of esters is 1. The van der Waals surface area contributed by atoms with E-state index in [2.05, 4.69) is 20.8 Å². The number of carbonyl (C=O) groups excluding carboxylic acids is 2. The highest BCUT2D eigenvalue weighted by Crippen LogP contribution is 2.21. The van der Waals surface area contributed by atoms with Crippen molar-refractivity contribution in [1.82, 2.24) is 0 Å². The van der Waals surface area contributed by atoms with Crippen molar-refractivity contribution in [3.8, 4) is 0 Å². The Bertz CT molecular complexity index is 705. The molecule has 0 rings (SSSR count). The molecule has 0 aliphatic heterocycles. The molecule has 0 spiro atoms. The second-order valence-electron chi connectivity index (χ2n) is 11.9. The molecule has 0 fully saturated rings. The van der Waals surface area contributed by atoms with Crippen LogP contribution in [0.5, 0.6) is 0 Å². The average Bonchev–Trinajstić information content (AvgIpc) is 2.87. The van der Waals surface area contributed by atoms with Crippen molar-refractivity contribution in [3.63, 3.8) is 0 Å². The van der Waals surface area contributed by atoms with Crippen LogP contribution in [0.25, 0.3) is 0 Å². The Balaban J connectivity index is 4.45. The maximum Gasteiger partial charge on any atom is 0.336 e. The first kappa shape index (κ1) is 38.0. The summed E-state index contributed by atoms with van der Waals surface area (Å²) in [4.78, 5) is 47.6. The highest BCUT2D eigenvalue weighted by atomic mass is 16.5. The molecule has 40 heavy (non-hydrogen) atoms. The number of aliphatic hydroxyl groups is 1. The van der Waals surface area contributed by atoms with Crippen LogP contribution in [0.3, 0.4) is 0 Å². The number of hydrogen-bond donors (Lipinski definition) is 3. The molecule has 0 aromatic carbocycles. The van der Waals surface area contributed by atoms with Crippen LogP contribution in [-0.4, -0.2) is 50.7 Å². The first-order valence-corrected chi connectivity index (χ1v) is 15.9. The van der Waals surface area contributed by atoms with Crippen LogP contribution in [0.2, 0.25) is 0 Å². The lowest BCUT2D eigenvalue weighted by molar-refractivity contribution is -0.174. The van der Waals surface area contributed by atoms with E-state index >= 15 is 0 Å². The summed E-state index contributed by atoms with van der Waals surface area (Å²) in [6.45, 7) is 6.67. The van der Waals surface area contributed by atoms with Gasteiger partial charge in [0.2, 0.25) is 0 Å². The number of ketones is 1. The molecule has 0 aromatic heterocycles. The van der Waals surface area contributed by atoms with E-state index in [4.69, 9.17) is 9.84 Å². The number of Topliss-reactive ketones (excluding diaryl/α,β-unsaturated/α-hetero) is 1. The standard InChI is InChI=1S/C32H58O8/c1-4-5-6-15-19-22-27(33)28(40-30(36)25-32(39,31(37)38)24-29(34)35)23-20-17-14-12-10-8-7-9-11-13-16-18-21-26(2)3/h26,28,39H,4-25H2,1-3H3,(H,34,35)(H,37,38). The van der Waals surface area contributed by atoms with E-state index in [9.17, 15) is 29.4 Å². The molecule has 8 nitrogen and oxygen atoms in total. The average molecular weight is 571 g/mol. The van der Waals surface area contributed by atoms with Crippen molar-refractivity contribution in [2.45, 2.75) is 174 Å². The number of rotatable bonds is 28. The Morgan fingerprint density at radius 3 is 1.55 bits per heavy atom. The van der Waals surface area contributed by atoms with Gasteiger partial charge < -0.3 is 20.1 Å². The van der Waals surface area contributed by atoms with Crippen molar-refractivity contribution >= 4 is 23.7 Å². The van der Waals surface area contributed by atoms with Gasteiger partial charge in [0.25, 0.3) is 0 Å². The van der Waals surface area contributed by atoms with Gasteiger partial charge in [0.15, 0.2) is 17.5 Å². The summed E-state index contributed by atoms with van der Waals surface area (Å²) in [6.07, 6.45) is 17.8. The third-order valence-electron chi connectivity index (χ3n) is 7.44. The zero-order valence-electron chi connectivity index (χ0n) is 25.6. The number of carboxylic acids is 2. The minimum atomic E-state index is -2.77. The molecule has 0 radical (unpaired) electrons. The van der Waals surface area contributed by atoms with E-state index in [0.29, 0.717) is 19.3 Å². The maximum absolute atomic E-state index is 12.8. The molecule has 234 valence electrons. The van der Waals surface area contributed by atoms with Crippen LogP contribution in [0.1, 0.15) is 162 Å². The third-order valence-corrected chi connectivity index (χ3v) is 7.44. The van der Waals surface area contributed by atoms with Crippen LogP contribution in [0, 0.1) is 5.92 Å². The zero-order chi connectivity index (χ0) is 30.2. The van der Waals surface area contributed by atoms with E-state index < -0.39 is 42.5 Å². The number of aliphatic carboxylic acids is 2. The van der Waals surface area contributed by atoms with E-state index in [0.717, 1.165) is 50.9 Å². The van der Waals surface area contributed by atoms with Gasteiger partial charge in [-0.15, -0.1) is 0 Å². The lowest BCUT2D eigenvalue weighted by Gasteiger charge is -2.22. The molecule has 0 heterocycles. The van der Waals surface area contributed by atoms with Gasteiger partial charge in [-0.3, -0.25) is 14.4 Å². The van der Waals surface area contributed by atoms with E-state index in [1.807, 2.05) is 0 Å². The van der Waals surface area contributed by atoms with E-state index in [1.165, 1.54) is 57.8 Å². The molecule has 0 saturated heterocycles. The number of carbonyl (C=O) groups is 4. The number of carboxylic acid groups (broad SMARTS) is 2. The maximum atomic E-state index is 12.8. The Hall–Kier alpha value is -1.96. The second kappa shape index (κ2) is 23.7. The number of unbranched alkanes of at least 4 members (excludes halogenated alkanes) is 15. The molecule has 0 saturated carbocycles. The summed E-state index contributed by atoms with van der Waals surface area (Å²) in [7, 11) is 0. The molecule has 0 amide bonds. The van der Waals surface area contributed by atoms with Crippen LogP contribution >= 0.6 is 0 Å². The predicted octanol–water partition coefficient (Wildman–Crippen LogP) is 7.63. The lowest BCUT2D eigenvalue weighted by Crippen LogP contribution is -2.44. The molecule has 0 aliphatic rings.